The molecule has 72 heavy (non-hydrogen) atoms. The number of thiazole rings is 1. The van der Waals surface area contributed by atoms with E-state index < -0.39 is 0 Å². The first-order chi connectivity index (χ1) is 33.5. The lowest BCUT2D eigenvalue weighted by Gasteiger charge is -2.46. The van der Waals surface area contributed by atoms with E-state index in [4.69, 9.17) is 4.98 Å². The van der Waals surface area contributed by atoms with E-state index in [1.807, 2.05) is 11.3 Å². The Morgan fingerprint density at radius 1 is 0.361 bits per heavy atom. The summed E-state index contributed by atoms with van der Waals surface area (Å²) in [6.45, 7) is 41.7. The predicted octanol–water partition coefficient (Wildman–Crippen LogP) is 17.5. The highest BCUT2D eigenvalue weighted by Crippen LogP contribution is 2.50. The van der Waals surface area contributed by atoms with E-state index >= 15 is 0 Å². The Kier molecular flexibility index (Phi) is 11.6. The van der Waals surface area contributed by atoms with Crippen LogP contribution in [0.15, 0.2) is 133 Å². The Morgan fingerprint density at radius 3 is 1.31 bits per heavy atom. The lowest BCUT2D eigenvalue weighted by atomic mass is 9.33. The van der Waals surface area contributed by atoms with Gasteiger partial charge >= 0.3 is 0 Å². The summed E-state index contributed by atoms with van der Waals surface area (Å²) >= 11 is 1.81. The van der Waals surface area contributed by atoms with E-state index in [9.17, 15) is 0 Å². The number of hydrogen-bond acceptors (Lipinski definition) is 4. The van der Waals surface area contributed by atoms with E-state index in [0.29, 0.717) is 0 Å². The number of aromatic nitrogens is 1. The van der Waals surface area contributed by atoms with Crippen LogP contribution in [0.1, 0.15) is 158 Å². The minimum Gasteiger partial charge on any atom is -0.311 e. The second kappa shape index (κ2) is 16.8. The molecule has 7 aromatic carbocycles. The standard InChI is InChI=1S/C67H76BN3S/c1-62(2,3)43-23-19-41(20-24-43)50-35-46(65(10,11)12)29-33-54(50)71-56-40-53-59(72-61(69-53)42-21-25-44(26-22-42)63(4,5)6)39-52(56)68-51-36-47(66(13,14)15)30-34-55(51)70(49-31-27-45(28-32-49)64(7,8)9)57-37-48(67(16,17)18)38-58(71)60(57)68/h19-40H,1-18H3. The maximum Gasteiger partial charge on any atom is 0.252 e. The van der Waals surface area contributed by atoms with Crippen LogP contribution in [0.4, 0.5) is 34.1 Å². The van der Waals surface area contributed by atoms with Gasteiger partial charge in [-0.25, -0.2) is 4.98 Å². The van der Waals surface area contributed by atoms with Crippen molar-refractivity contribution in [1.29, 1.82) is 0 Å². The van der Waals surface area contributed by atoms with Gasteiger partial charge in [-0.05, 0) is 142 Å². The molecular weight excluding hydrogens is 890 g/mol. The monoisotopic (exact) mass is 966 g/mol. The molecule has 368 valence electrons. The smallest absolute Gasteiger partial charge is 0.252 e. The Balaban J connectivity index is 1.33. The first-order valence-electron chi connectivity index (χ1n) is 26.3. The molecule has 0 unspecified atom stereocenters. The van der Waals surface area contributed by atoms with Crippen LogP contribution in [-0.2, 0) is 32.5 Å². The van der Waals surface area contributed by atoms with Crippen LogP contribution in [0.3, 0.4) is 0 Å². The Labute approximate surface area is 436 Å². The van der Waals surface area contributed by atoms with Gasteiger partial charge in [-0.3, -0.25) is 0 Å². The Hall–Kier alpha value is -5.91. The third-order valence-corrected chi connectivity index (χ3v) is 16.5. The molecule has 8 aromatic rings. The van der Waals surface area contributed by atoms with E-state index in [0.717, 1.165) is 16.1 Å². The third kappa shape index (κ3) is 8.82. The average molecular weight is 966 g/mol. The van der Waals surface area contributed by atoms with Crippen LogP contribution in [-0.4, -0.2) is 11.7 Å². The number of anilines is 6. The highest BCUT2D eigenvalue weighted by Gasteiger charge is 2.45. The van der Waals surface area contributed by atoms with Crippen LogP contribution in [0.2, 0.25) is 0 Å². The summed E-state index contributed by atoms with van der Waals surface area (Å²) in [5.74, 6) is 0. The highest BCUT2D eigenvalue weighted by molar-refractivity contribution is 7.21. The number of nitrogens with zero attached hydrogens (tertiary/aromatic N) is 3. The molecule has 2 aliphatic heterocycles. The van der Waals surface area contributed by atoms with Crippen LogP contribution in [0, 0.1) is 0 Å². The van der Waals surface area contributed by atoms with Crippen LogP contribution < -0.4 is 26.2 Å². The van der Waals surface area contributed by atoms with Crippen molar-refractivity contribution in [2.75, 3.05) is 9.80 Å². The molecule has 5 heteroatoms. The van der Waals surface area contributed by atoms with Gasteiger partial charge in [-0.2, -0.15) is 0 Å². The fourth-order valence-electron chi connectivity index (χ4n) is 10.8. The number of hydrogen-bond donors (Lipinski definition) is 0. The van der Waals surface area contributed by atoms with Crippen molar-refractivity contribution >= 4 is 78.8 Å². The molecular formula is C67H76BN3S. The molecule has 0 bridgehead atoms. The molecule has 0 saturated carbocycles. The van der Waals surface area contributed by atoms with Crippen LogP contribution in [0.5, 0.6) is 0 Å². The summed E-state index contributed by atoms with van der Waals surface area (Å²) in [6.07, 6.45) is 0. The van der Waals surface area contributed by atoms with Gasteiger partial charge in [0.1, 0.15) is 5.01 Å². The second-order valence-electron chi connectivity index (χ2n) is 27.1. The lowest BCUT2D eigenvalue weighted by Crippen LogP contribution is -2.61. The first kappa shape index (κ1) is 49.7. The maximum atomic E-state index is 5.52. The normalized spacial score (nSPS) is 14.2. The zero-order valence-electron chi connectivity index (χ0n) is 46.5. The summed E-state index contributed by atoms with van der Waals surface area (Å²) in [5.41, 5.74) is 23.6. The molecule has 2 aliphatic rings. The SMILES string of the molecule is CC(C)(C)c1ccc(-c2nc3cc4c(cc3s2)B2c3cc(C(C)(C)C)ccc3N(c3ccc(C(C)(C)C)cc3)c3cc(C(C)(C)C)cc(c32)N4c2ccc(C(C)(C)C)cc2-c2ccc(C(C)(C)C)cc2)cc1. The van der Waals surface area contributed by atoms with Gasteiger partial charge in [0.15, 0.2) is 0 Å². The molecule has 0 aliphatic carbocycles. The molecule has 10 rings (SSSR count). The summed E-state index contributed by atoms with van der Waals surface area (Å²) < 4.78 is 1.20. The van der Waals surface area contributed by atoms with Crippen molar-refractivity contribution in [3.8, 4) is 21.7 Å². The van der Waals surface area contributed by atoms with Gasteiger partial charge < -0.3 is 9.80 Å². The predicted molar refractivity (Wildman–Crippen MR) is 317 cm³/mol. The average Bonchev–Trinajstić information content (AvgIpc) is 3.72. The topological polar surface area (TPSA) is 19.4 Å². The van der Waals surface area contributed by atoms with Gasteiger partial charge in [0, 0.05) is 39.6 Å². The zero-order chi connectivity index (χ0) is 51.8. The largest absolute Gasteiger partial charge is 0.311 e. The van der Waals surface area contributed by atoms with E-state index in [-0.39, 0.29) is 39.2 Å². The number of rotatable bonds is 4. The van der Waals surface area contributed by atoms with Gasteiger partial charge in [-0.15, -0.1) is 11.3 Å². The van der Waals surface area contributed by atoms with E-state index in [1.165, 1.54) is 99.7 Å². The summed E-state index contributed by atoms with van der Waals surface area (Å²) in [7, 11) is 0. The molecule has 0 spiro atoms. The lowest BCUT2D eigenvalue weighted by molar-refractivity contribution is 0.589. The highest BCUT2D eigenvalue weighted by atomic mass is 32.1. The fourth-order valence-corrected chi connectivity index (χ4v) is 11.8. The minimum atomic E-state index is -0.150. The molecule has 0 N–H and O–H groups in total. The zero-order valence-corrected chi connectivity index (χ0v) is 47.3. The maximum absolute atomic E-state index is 5.52. The molecule has 1 aromatic heterocycles. The van der Waals surface area contributed by atoms with Gasteiger partial charge in [0.25, 0.3) is 6.71 Å². The van der Waals surface area contributed by atoms with Crippen molar-refractivity contribution in [3.05, 3.63) is 167 Å². The van der Waals surface area contributed by atoms with Gasteiger partial charge in [-0.1, -0.05) is 203 Å². The van der Waals surface area contributed by atoms with E-state index in [2.05, 4.69) is 268 Å². The van der Waals surface area contributed by atoms with Crippen molar-refractivity contribution in [2.45, 2.75) is 157 Å². The van der Waals surface area contributed by atoms with E-state index in [1.54, 1.807) is 0 Å². The molecule has 0 amide bonds. The molecule has 3 heterocycles. The molecule has 0 atom stereocenters. The third-order valence-electron chi connectivity index (χ3n) is 15.5. The summed E-state index contributed by atoms with van der Waals surface area (Å²) in [5, 5.41) is 1.05. The Bertz CT molecular complexity index is 3390. The number of benzene rings is 7. The molecule has 0 radical (unpaired) electrons. The van der Waals surface area contributed by atoms with Crippen molar-refractivity contribution in [1.82, 2.24) is 4.98 Å². The minimum absolute atomic E-state index is 0.0333. The van der Waals surface area contributed by atoms with Crippen molar-refractivity contribution < 1.29 is 0 Å². The quantitative estimate of drug-likeness (QED) is 0.164. The second-order valence-corrected chi connectivity index (χ2v) is 28.2. The fraction of sp³-hybridized carbons (Fsp3) is 0.358. The first-order valence-corrected chi connectivity index (χ1v) is 27.1. The molecule has 3 nitrogen and oxygen atoms in total. The summed E-state index contributed by atoms with van der Waals surface area (Å²) in [6, 6.07) is 52.5. The van der Waals surface area contributed by atoms with Gasteiger partial charge in [0.05, 0.1) is 15.9 Å². The van der Waals surface area contributed by atoms with Crippen LogP contribution in [0.25, 0.3) is 31.9 Å². The van der Waals surface area contributed by atoms with Crippen molar-refractivity contribution in [2.24, 2.45) is 0 Å². The Morgan fingerprint density at radius 2 is 0.792 bits per heavy atom. The molecule has 0 fully saturated rings. The summed E-state index contributed by atoms with van der Waals surface area (Å²) in [4.78, 5) is 10.7. The molecule has 0 saturated heterocycles. The van der Waals surface area contributed by atoms with Crippen molar-refractivity contribution in [3.63, 3.8) is 0 Å². The van der Waals surface area contributed by atoms with Gasteiger partial charge in [0.2, 0.25) is 0 Å². The van der Waals surface area contributed by atoms with Crippen LogP contribution >= 0.6 is 11.3 Å². The number of fused-ring (bicyclic) bond motifs is 5.